The zero-order valence-electron chi connectivity index (χ0n) is 8.87. The van der Waals surface area contributed by atoms with Crippen LogP contribution in [0.2, 0.25) is 5.02 Å². The van der Waals surface area contributed by atoms with Gasteiger partial charge in [0.1, 0.15) is 6.54 Å². The average Bonchev–Trinajstić information content (AvgIpc) is 2.18. The summed E-state index contributed by atoms with van der Waals surface area (Å²) in [5.74, 6) is -0.227. The third kappa shape index (κ3) is 3.80. The van der Waals surface area contributed by atoms with Crippen molar-refractivity contribution in [1.82, 2.24) is 0 Å². The Morgan fingerprint density at radius 2 is 2.00 bits per heavy atom. The number of benzene rings is 1. The highest BCUT2D eigenvalue weighted by Crippen LogP contribution is 2.16. The maximum absolute atomic E-state index is 11.2. The monoisotopic (exact) mass is 227 g/mol. The molecule has 0 amide bonds. The number of carbonyl (C=O) groups is 1. The van der Waals surface area contributed by atoms with Gasteiger partial charge in [-0.3, -0.25) is 4.79 Å². The van der Waals surface area contributed by atoms with Crippen LogP contribution in [-0.2, 0) is 9.53 Å². The molecule has 0 saturated carbocycles. The van der Waals surface area contributed by atoms with Gasteiger partial charge in [0.05, 0.1) is 6.61 Å². The molecule has 82 valence electrons. The normalized spacial score (nSPS) is 9.80. The number of nitrogens with zero attached hydrogens (tertiary/aromatic N) is 1. The Morgan fingerprint density at radius 1 is 1.40 bits per heavy atom. The second kappa shape index (κ2) is 5.61. The van der Waals surface area contributed by atoms with Crippen molar-refractivity contribution in [3.8, 4) is 0 Å². The fourth-order valence-electron chi connectivity index (χ4n) is 1.19. The van der Waals surface area contributed by atoms with Gasteiger partial charge in [-0.25, -0.2) is 0 Å². The van der Waals surface area contributed by atoms with Crippen molar-refractivity contribution in [3.63, 3.8) is 0 Å². The van der Waals surface area contributed by atoms with Crippen molar-refractivity contribution in [3.05, 3.63) is 29.3 Å². The van der Waals surface area contributed by atoms with Crippen molar-refractivity contribution in [2.45, 2.75) is 6.92 Å². The summed E-state index contributed by atoms with van der Waals surface area (Å²) < 4.78 is 4.85. The van der Waals surface area contributed by atoms with Crippen molar-refractivity contribution in [2.75, 3.05) is 25.1 Å². The average molecular weight is 228 g/mol. The fourth-order valence-corrected chi connectivity index (χ4v) is 1.31. The van der Waals surface area contributed by atoms with E-state index in [-0.39, 0.29) is 12.5 Å². The number of ether oxygens (including phenoxy) is 1. The molecule has 0 aliphatic heterocycles. The molecule has 0 atom stereocenters. The summed E-state index contributed by atoms with van der Waals surface area (Å²) in [5, 5.41) is 0.684. The second-order valence-electron chi connectivity index (χ2n) is 3.14. The van der Waals surface area contributed by atoms with Crippen LogP contribution in [0.25, 0.3) is 0 Å². The molecule has 1 aromatic rings. The molecular weight excluding hydrogens is 214 g/mol. The molecule has 0 radical (unpaired) electrons. The Balaban J connectivity index is 2.57. The first kappa shape index (κ1) is 11.9. The minimum Gasteiger partial charge on any atom is -0.465 e. The molecule has 1 aromatic carbocycles. The van der Waals surface area contributed by atoms with Gasteiger partial charge in [-0.05, 0) is 31.2 Å². The largest absolute Gasteiger partial charge is 0.465 e. The Labute approximate surface area is 94.6 Å². The summed E-state index contributed by atoms with van der Waals surface area (Å²) in [4.78, 5) is 13.0. The van der Waals surface area contributed by atoms with Gasteiger partial charge in [0.15, 0.2) is 0 Å². The van der Waals surface area contributed by atoms with Gasteiger partial charge >= 0.3 is 5.97 Å². The number of esters is 1. The molecule has 0 aliphatic carbocycles. The Morgan fingerprint density at radius 3 is 2.53 bits per heavy atom. The minimum atomic E-state index is -0.227. The van der Waals surface area contributed by atoms with Crippen LogP contribution in [-0.4, -0.2) is 26.2 Å². The summed E-state index contributed by atoms with van der Waals surface area (Å²) in [5.41, 5.74) is 0.937. The Bertz CT molecular complexity index is 324. The molecule has 0 N–H and O–H groups in total. The van der Waals surface area contributed by atoms with E-state index in [0.717, 1.165) is 5.69 Å². The summed E-state index contributed by atoms with van der Waals surface area (Å²) in [7, 11) is 1.83. The predicted octanol–water partition coefficient (Wildman–Crippen LogP) is 2.34. The molecule has 0 spiro atoms. The summed E-state index contributed by atoms with van der Waals surface area (Å²) in [6.45, 7) is 2.45. The molecule has 4 heteroatoms. The van der Waals surface area contributed by atoms with Crippen molar-refractivity contribution in [2.24, 2.45) is 0 Å². The number of likely N-dealkylation sites (N-methyl/N-ethyl adjacent to an activating group) is 1. The molecule has 0 bridgehead atoms. The van der Waals surface area contributed by atoms with Gasteiger partial charge in [-0.15, -0.1) is 0 Å². The first-order chi connectivity index (χ1) is 7.13. The third-order valence-corrected chi connectivity index (χ3v) is 2.19. The van der Waals surface area contributed by atoms with Crippen LogP contribution in [0.4, 0.5) is 5.69 Å². The van der Waals surface area contributed by atoms with E-state index in [1.807, 2.05) is 24.1 Å². The van der Waals surface area contributed by atoms with Gasteiger partial charge in [-0.1, -0.05) is 11.6 Å². The van der Waals surface area contributed by atoms with Crippen LogP contribution in [0.15, 0.2) is 24.3 Å². The van der Waals surface area contributed by atoms with E-state index in [1.54, 1.807) is 19.1 Å². The van der Waals surface area contributed by atoms with E-state index >= 15 is 0 Å². The number of carbonyl (C=O) groups excluding carboxylic acids is 1. The summed E-state index contributed by atoms with van der Waals surface area (Å²) in [6, 6.07) is 7.31. The number of halogens is 1. The predicted molar refractivity (Wildman–Crippen MR) is 61.4 cm³/mol. The molecular formula is C11H14ClNO2. The Hall–Kier alpha value is -1.22. The van der Waals surface area contributed by atoms with Gasteiger partial charge < -0.3 is 9.64 Å². The quantitative estimate of drug-likeness (QED) is 0.740. The molecule has 0 fully saturated rings. The van der Waals surface area contributed by atoms with Gasteiger partial charge in [-0.2, -0.15) is 0 Å². The molecule has 0 heterocycles. The van der Waals surface area contributed by atoms with E-state index in [1.165, 1.54) is 0 Å². The fraction of sp³-hybridized carbons (Fsp3) is 0.364. The summed E-state index contributed by atoms with van der Waals surface area (Å²) in [6.07, 6.45) is 0. The smallest absolute Gasteiger partial charge is 0.325 e. The molecule has 0 aromatic heterocycles. The second-order valence-corrected chi connectivity index (χ2v) is 3.57. The first-order valence-corrected chi connectivity index (χ1v) is 5.13. The highest BCUT2D eigenvalue weighted by atomic mass is 35.5. The van der Waals surface area contributed by atoms with E-state index in [2.05, 4.69) is 0 Å². The van der Waals surface area contributed by atoms with Gasteiger partial charge in [0.25, 0.3) is 0 Å². The van der Waals surface area contributed by atoms with Crippen LogP contribution >= 0.6 is 11.6 Å². The van der Waals surface area contributed by atoms with Crippen LogP contribution < -0.4 is 4.90 Å². The number of anilines is 1. The van der Waals surface area contributed by atoms with E-state index in [0.29, 0.717) is 11.6 Å². The first-order valence-electron chi connectivity index (χ1n) is 4.75. The lowest BCUT2D eigenvalue weighted by molar-refractivity contribution is -0.141. The molecule has 0 aliphatic rings. The van der Waals surface area contributed by atoms with E-state index in [9.17, 15) is 4.79 Å². The molecule has 1 rings (SSSR count). The van der Waals surface area contributed by atoms with Crippen LogP contribution in [0, 0.1) is 0 Å². The van der Waals surface area contributed by atoms with Crippen LogP contribution in [0.5, 0.6) is 0 Å². The highest BCUT2D eigenvalue weighted by molar-refractivity contribution is 6.30. The number of hydrogen-bond donors (Lipinski definition) is 0. The Kier molecular flexibility index (Phi) is 4.43. The molecule has 15 heavy (non-hydrogen) atoms. The highest BCUT2D eigenvalue weighted by Gasteiger charge is 2.07. The van der Waals surface area contributed by atoms with Crippen molar-refractivity contribution in [1.29, 1.82) is 0 Å². The van der Waals surface area contributed by atoms with Crippen molar-refractivity contribution >= 4 is 23.3 Å². The number of rotatable bonds is 4. The van der Waals surface area contributed by atoms with E-state index < -0.39 is 0 Å². The lowest BCUT2D eigenvalue weighted by atomic mass is 10.3. The standard InChI is InChI=1S/C11H14ClNO2/c1-3-15-11(14)8-13(2)10-6-4-9(12)5-7-10/h4-7H,3,8H2,1-2H3. The topological polar surface area (TPSA) is 29.5 Å². The molecule has 0 saturated heterocycles. The SMILES string of the molecule is CCOC(=O)CN(C)c1ccc(Cl)cc1. The maximum atomic E-state index is 11.2. The third-order valence-electron chi connectivity index (χ3n) is 1.94. The molecule has 0 unspecified atom stereocenters. The summed E-state index contributed by atoms with van der Waals surface area (Å²) >= 11 is 5.76. The van der Waals surface area contributed by atoms with E-state index in [4.69, 9.17) is 16.3 Å². The van der Waals surface area contributed by atoms with Gasteiger partial charge in [0.2, 0.25) is 0 Å². The zero-order chi connectivity index (χ0) is 11.3. The molecule has 3 nitrogen and oxygen atoms in total. The maximum Gasteiger partial charge on any atom is 0.325 e. The van der Waals surface area contributed by atoms with Crippen molar-refractivity contribution < 1.29 is 9.53 Å². The zero-order valence-corrected chi connectivity index (χ0v) is 9.62. The minimum absolute atomic E-state index is 0.227. The lowest BCUT2D eigenvalue weighted by Gasteiger charge is -2.17. The number of hydrogen-bond acceptors (Lipinski definition) is 3. The van der Waals surface area contributed by atoms with Gasteiger partial charge in [0, 0.05) is 17.8 Å². The van der Waals surface area contributed by atoms with Crippen LogP contribution in [0.1, 0.15) is 6.92 Å². The lowest BCUT2D eigenvalue weighted by Crippen LogP contribution is -2.26. The van der Waals surface area contributed by atoms with Crippen LogP contribution in [0.3, 0.4) is 0 Å².